The Morgan fingerprint density at radius 2 is 1.66 bits per heavy atom. The van der Waals surface area contributed by atoms with Gasteiger partial charge in [-0.1, -0.05) is 24.3 Å². The Balaban J connectivity index is 1.35. The van der Waals surface area contributed by atoms with E-state index in [-0.39, 0.29) is 4.90 Å². The van der Waals surface area contributed by atoms with Gasteiger partial charge in [0.1, 0.15) is 11.2 Å². The molecule has 0 bridgehead atoms. The number of H-pyrrole nitrogens is 2. The second-order valence-corrected chi connectivity index (χ2v) is 10.5. The summed E-state index contributed by atoms with van der Waals surface area (Å²) < 4.78 is 23.1. The van der Waals surface area contributed by atoms with Crippen molar-refractivity contribution in [3.05, 3.63) is 60.7 Å². The Kier molecular flexibility index (Phi) is 5.10. The van der Waals surface area contributed by atoms with Crippen molar-refractivity contribution in [1.29, 1.82) is 0 Å². The summed E-state index contributed by atoms with van der Waals surface area (Å²) >= 11 is 0. The van der Waals surface area contributed by atoms with Crippen LogP contribution in [0.25, 0.3) is 44.6 Å². The van der Waals surface area contributed by atoms with Gasteiger partial charge in [-0.15, -0.1) is 0 Å². The number of nitrogens with two attached hydrogens (primary N) is 1. The third-order valence-electron chi connectivity index (χ3n) is 6.64. The Bertz CT molecular complexity index is 1650. The first-order valence-corrected chi connectivity index (χ1v) is 13.0. The number of para-hydroxylation sites is 1. The van der Waals surface area contributed by atoms with E-state index in [1.54, 1.807) is 12.1 Å². The molecule has 0 amide bonds. The minimum absolute atomic E-state index is 0.0898. The van der Waals surface area contributed by atoms with Gasteiger partial charge in [-0.05, 0) is 54.6 Å². The van der Waals surface area contributed by atoms with Crippen molar-refractivity contribution in [2.24, 2.45) is 5.14 Å². The first kappa shape index (κ1) is 21.8. The quantitative estimate of drug-likeness (QED) is 0.358. The van der Waals surface area contributed by atoms with Gasteiger partial charge in [-0.3, -0.25) is 5.10 Å². The van der Waals surface area contributed by atoms with Crippen molar-refractivity contribution < 1.29 is 8.42 Å². The summed E-state index contributed by atoms with van der Waals surface area (Å²) in [4.78, 5) is 13.2. The number of imidazole rings is 1. The average Bonchev–Trinajstić information content (AvgIpc) is 3.47. The molecule has 35 heavy (non-hydrogen) atoms. The van der Waals surface area contributed by atoms with Crippen LogP contribution in [0.3, 0.4) is 0 Å². The van der Waals surface area contributed by atoms with Crippen molar-refractivity contribution in [2.75, 3.05) is 38.1 Å². The van der Waals surface area contributed by atoms with Crippen LogP contribution in [-0.2, 0) is 10.0 Å². The lowest BCUT2D eigenvalue weighted by atomic mass is 10.0. The fourth-order valence-electron chi connectivity index (χ4n) is 4.65. The second-order valence-electron chi connectivity index (χ2n) is 8.95. The number of benzene rings is 3. The highest BCUT2D eigenvalue weighted by Crippen LogP contribution is 2.32. The van der Waals surface area contributed by atoms with Gasteiger partial charge in [0, 0.05) is 31.6 Å². The van der Waals surface area contributed by atoms with E-state index >= 15 is 0 Å². The zero-order valence-corrected chi connectivity index (χ0v) is 20.0. The molecule has 0 radical (unpaired) electrons. The number of likely N-dealkylation sites (N-methyl/N-ethyl adjacent to an activating group) is 1. The van der Waals surface area contributed by atoms with E-state index in [0.29, 0.717) is 0 Å². The van der Waals surface area contributed by atoms with E-state index in [2.05, 4.69) is 44.2 Å². The number of nitrogens with one attached hydrogen (secondary N) is 2. The second kappa shape index (κ2) is 8.19. The number of hydrogen-bond donors (Lipinski definition) is 3. The summed E-state index contributed by atoms with van der Waals surface area (Å²) in [5.41, 5.74) is 6.54. The van der Waals surface area contributed by atoms with Crippen LogP contribution in [0.4, 0.5) is 5.69 Å². The van der Waals surface area contributed by atoms with Crippen molar-refractivity contribution in [3.63, 3.8) is 0 Å². The predicted octanol–water partition coefficient (Wildman–Crippen LogP) is 3.17. The maximum Gasteiger partial charge on any atom is 0.238 e. The lowest BCUT2D eigenvalue weighted by molar-refractivity contribution is 0.313. The first-order chi connectivity index (χ1) is 16.9. The molecule has 1 saturated heterocycles. The molecule has 1 aliphatic heterocycles. The number of hydrogen-bond acceptors (Lipinski definition) is 6. The minimum Gasteiger partial charge on any atom is -0.367 e. The molecule has 178 valence electrons. The van der Waals surface area contributed by atoms with Gasteiger partial charge in [0.25, 0.3) is 0 Å². The van der Waals surface area contributed by atoms with Crippen LogP contribution in [0, 0.1) is 0 Å². The van der Waals surface area contributed by atoms with E-state index < -0.39 is 10.0 Å². The van der Waals surface area contributed by atoms with E-state index in [0.717, 1.165) is 76.4 Å². The van der Waals surface area contributed by atoms with Crippen molar-refractivity contribution in [1.82, 2.24) is 25.1 Å². The molecular weight excluding hydrogens is 462 g/mol. The molecule has 1 aliphatic rings. The molecule has 0 spiro atoms. The zero-order chi connectivity index (χ0) is 24.2. The van der Waals surface area contributed by atoms with E-state index in [1.807, 2.05) is 24.3 Å². The average molecular weight is 488 g/mol. The van der Waals surface area contributed by atoms with Crippen molar-refractivity contribution in [2.45, 2.75) is 4.90 Å². The zero-order valence-electron chi connectivity index (χ0n) is 19.2. The number of nitrogens with zero attached hydrogens (tertiary/aromatic N) is 4. The normalized spacial score (nSPS) is 15.3. The standard InChI is InChI=1S/C25H25N7O2S/c1-31-11-13-32(14-12-31)22-4-2-3-20-24(22)28-25(27-20)23-19-10-7-17(15-21(19)29-30-23)16-5-8-18(9-6-16)35(26,33)34/h2-10,15H,11-14H2,1H3,(H,27,28)(H,29,30)(H2,26,33,34). The molecule has 4 N–H and O–H groups in total. The summed E-state index contributed by atoms with van der Waals surface area (Å²) in [5.74, 6) is 0.720. The highest BCUT2D eigenvalue weighted by molar-refractivity contribution is 7.89. The smallest absolute Gasteiger partial charge is 0.238 e. The highest BCUT2D eigenvalue weighted by Gasteiger charge is 2.20. The fraction of sp³-hybridized carbons (Fsp3) is 0.200. The van der Waals surface area contributed by atoms with E-state index in [4.69, 9.17) is 10.1 Å². The molecular formula is C25H25N7O2S. The number of sulfonamides is 1. The molecule has 0 aliphatic carbocycles. The Morgan fingerprint density at radius 3 is 2.40 bits per heavy atom. The molecule has 0 unspecified atom stereocenters. The Labute approximate surface area is 202 Å². The molecule has 0 atom stereocenters. The molecule has 9 nitrogen and oxygen atoms in total. The van der Waals surface area contributed by atoms with Crippen LogP contribution < -0.4 is 10.0 Å². The fourth-order valence-corrected chi connectivity index (χ4v) is 5.16. The van der Waals surface area contributed by atoms with Crippen LogP contribution >= 0.6 is 0 Å². The number of aromatic nitrogens is 4. The molecule has 6 rings (SSSR count). The van der Waals surface area contributed by atoms with E-state index in [1.165, 1.54) is 12.1 Å². The van der Waals surface area contributed by atoms with Crippen molar-refractivity contribution in [3.8, 4) is 22.6 Å². The number of anilines is 1. The number of primary sulfonamides is 1. The van der Waals surface area contributed by atoms with Crippen LogP contribution in [0.15, 0.2) is 65.6 Å². The third-order valence-corrected chi connectivity index (χ3v) is 7.57. The Morgan fingerprint density at radius 1 is 0.914 bits per heavy atom. The van der Waals surface area contributed by atoms with Gasteiger partial charge >= 0.3 is 0 Å². The molecule has 2 aromatic heterocycles. The first-order valence-electron chi connectivity index (χ1n) is 11.4. The molecule has 1 fully saturated rings. The van der Waals surface area contributed by atoms with Gasteiger partial charge in [0.2, 0.25) is 10.0 Å². The number of rotatable bonds is 4. The summed E-state index contributed by atoms with van der Waals surface area (Å²) in [6.45, 7) is 4.02. The monoisotopic (exact) mass is 487 g/mol. The summed E-state index contributed by atoms with van der Waals surface area (Å²) in [6, 6.07) is 18.8. The lowest BCUT2D eigenvalue weighted by Crippen LogP contribution is -2.44. The summed E-state index contributed by atoms with van der Waals surface area (Å²) in [5, 5.41) is 13.8. The molecule has 0 saturated carbocycles. The number of piperazine rings is 1. The van der Waals surface area contributed by atoms with Crippen LogP contribution in [0.1, 0.15) is 0 Å². The van der Waals surface area contributed by atoms with E-state index in [9.17, 15) is 8.42 Å². The highest BCUT2D eigenvalue weighted by atomic mass is 32.2. The summed E-state index contributed by atoms with van der Waals surface area (Å²) in [7, 11) is -1.57. The maximum absolute atomic E-state index is 11.5. The lowest BCUT2D eigenvalue weighted by Gasteiger charge is -2.34. The number of aromatic amines is 2. The van der Waals surface area contributed by atoms with Crippen LogP contribution in [0.5, 0.6) is 0 Å². The van der Waals surface area contributed by atoms with Gasteiger partial charge in [-0.2, -0.15) is 5.10 Å². The molecule has 3 aromatic carbocycles. The predicted molar refractivity (Wildman–Crippen MR) is 138 cm³/mol. The van der Waals surface area contributed by atoms with Gasteiger partial charge in [0.05, 0.1) is 21.6 Å². The molecule has 5 aromatic rings. The Hall–Kier alpha value is -3.73. The minimum atomic E-state index is -3.72. The van der Waals surface area contributed by atoms with Gasteiger partial charge in [-0.25, -0.2) is 18.5 Å². The van der Waals surface area contributed by atoms with Gasteiger partial charge in [0.15, 0.2) is 5.82 Å². The van der Waals surface area contributed by atoms with Crippen molar-refractivity contribution >= 4 is 37.6 Å². The van der Waals surface area contributed by atoms with Crippen LogP contribution in [0.2, 0.25) is 0 Å². The number of fused-ring (bicyclic) bond motifs is 2. The van der Waals surface area contributed by atoms with Crippen LogP contribution in [-0.4, -0.2) is 66.7 Å². The topological polar surface area (TPSA) is 124 Å². The largest absolute Gasteiger partial charge is 0.367 e. The summed E-state index contributed by atoms with van der Waals surface area (Å²) in [6.07, 6.45) is 0. The third kappa shape index (κ3) is 3.95. The molecule has 10 heteroatoms. The van der Waals surface area contributed by atoms with Gasteiger partial charge < -0.3 is 14.8 Å². The SMILES string of the molecule is CN1CCN(c2cccc3[nH]c(-c4n[nH]c5cc(-c6ccc(S(N)(=O)=O)cc6)ccc45)nc23)CC1. The molecule has 3 heterocycles. The maximum atomic E-state index is 11.5.